The van der Waals surface area contributed by atoms with Crippen LogP contribution >= 0.6 is 0 Å². The number of nitrogens with zero attached hydrogens (tertiary/aromatic N) is 1. The Hall–Kier alpha value is -1.10. The van der Waals surface area contributed by atoms with Crippen LogP contribution in [-0.2, 0) is 9.59 Å². The quantitative estimate of drug-likeness (QED) is 0.658. The lowest BCUT2D eigenvalue weighted by atomic mass is 9.61. The van der Waals surface area contributed by atoms with Gasteiger partial charge in [-0.2, -0.15) is 0 Å². The molecule has 16 heavy (non-hydrogen) atoms. The first-order valence-corrected chi connectivity index (χ1v) is 5.49. The molecule has 1 saturated carbocycles. The number of carbonyl (C=O) groups excluding carboxylic acids is 1. The SMILES string of the molecule is CC1(C)[C@H]2CC[C@@]1(C)C(=O)N(O)[C@@H]2C(=O)O. The van der Waals surface area contributed by atoms with Crippen LogP contribution in [0.4, 0.5) is 0 Å². The van der Waals surface area contributed by atoms with Crippen molar-refractivity contribution in [3.05, 3.63) is 0 Å². The molecule has 5 heteroatoms. The molecule has 2 aliphatic rings. The zero-order chi connectivity index (χ0) is 12.3. The van der Waals surface area contributed by atoms with Crippen LogP contribution in [0.25, 0.3) is 0 Å². The second-order valence-corrected chi connectivity index (χ2v) is 5.63. The maximum absolute atomic E-state index is 12.0. The molecule has 1 aliphatic carbocycles. The maximum atomic E-state index is 12.0. The fraction of sp³-hybridized carbons (Fsp3) is 0.818. The molecule has 1 aliphatic heterocycles. The second kappa shape index (κ2) is 2.97. The number of aliphatic carboxylic acids is 1. The van der Waals surface area contributed by atoms with Gasteiger partial charge in [0.15, 0.2) is 6.04 Å². The Labute approximate surface area is 94.0 Å². The third-order valence-corrected chi connectivity index (χ3v) is 4.88. The lowest BCUT2D eigenvalue weighted by molar-refractivity contribution is -0.220. The number of fused-ring (bicyclic) bond motifs is 2. The van der Waals surface area contributed by atoms with Gasteiger partial charge in [0.1, 0.15) is 0 Å². The lowest BCUT2D eigenvalue weighted by Gasteiger charge is -2.49. The first-order valence-electron chi connectivity index (χ1n) is 5.49. The topological polar surface area (TPSA) is 77.8 Å². The Balaban J connectivity index is 2.52. The molecular formula is C11H17NO4. The van der Waals surface area contributed by atoms with Gasteiger partial charge in [-0.05, 0) is 24.2 Å². The largest absolute Gasteiger partial charge is 0.480 e. The molecule has 2 rings (SSSR count). The molecule has 5 nitrogen and oxygen atoms in total. The first-order chi connectivity index (χ1) is 7.23. The second-order valence-electron chi connectivity index (χ2n) is 5.63. The first kappa shape index (κ1) is 11.4. The van der Waals surface area contributed by atoms with Gasteiger partial charge in [-0.25, -0.2) is 9.86 Å². The molecule has 1 amide bonds. The van der Waals surface area contributed by atoms with Crippen molar-refractivity contribution in [3.63, 3.8) is 0 Å². The lowest BCUT2D eigenvalue weighted by Crippen LogP contribution is -2.62. The Morgan fingerprint density at radius 1 is 1.44 bits per heavy atom. The number of hydroxylamine groups is 2. The van der Waals surface area contributed by atoms with E-state index < -0.39 is 23.3 Å². The van der Waals surface area contributed by atoms with E-state index in [1.165, 1.54) is 0 Å². The normalized spacial score (nSPS) is 41.2. The molecule has 0 spiro atoms. The summed E-state index contributed by atoms with van der Waals surface area (Å²) >= 11 is 0. The van der Waals surface area contributed by atoms with Gasteiger partial charge >= 0.3 is 5.97 Å². The van der Waals surface area contributed by atoms with Crippen LogP contribution in [0.2, 0.25) is 0 Å². The highest BCUT2D eigenvalue weighted by Gasteiger charge is 2.65. The van der Waals surface area contributed by atoms with E-state index >= 15 is 0 Å². The summed E-state index contributed by atoms with van der Waals surface area (Å²) in [6, 6.07) is -1.10. The van der Waals surface area contributed by atoms with Crippen LogP contribution in [0.5, 0.6) is 0 Å². The molecule has 3 atom stereocenters. The summed E-state index contributed by atoms with van der Waals surface area (Å²) in [7, 11) is 0. The van der Waals surface area contributed by atoms with E-state index in [0.717, 1.165) is 0 Å². The van der Waals surface area contributed by atoms with Crippen molar-refractivity contribution < 1.29 is 19.9 Å². The number of hydrogen-bond donors (Lipinski definition) is 2. The third kappa shape index (κ3) is 1.04. The summed E-state index contributed by atoms with van der Waals surface area (Å²) < 4.78 is 0. The summed E-state index contributed by atoms with van der Waals surface area (Å²) in [6.07, 6.45) is 1.31. The highest BCUT2D eigenvalue weighted by molar-refractivity contribution is 5.89. The van der Waals surface area contributed by atoms with Crippen molar-refractivity contribution in [2.75, 3.05) is 0 Å². The highest BCUT2D eigenvalue weighted by atomic mass is 16.5. The highest BCUT2D eigenvalue weighted by Crippen LogP contribution is 2.61. The fourth-order valence-electron chi connectivity index (χ4n) is 3.30. The Morgan fingerprint density at radius 3 is 2.50 bits per heavy atom. The molecule has 2 bridgehead atoms. The van der Waals surface area contributed by atoms with Crippen LogP contribution in [0.1, 0.15) is 33.6 Å². The molecular weight excluding hydrogens is 210 g/mol. The monoisotopic (exact) mass is 227 g/mol. The van der Waals surface area contributed by atoms with Crippen LogP contribution in [-0.4, -0.2) is 33.3 Å². The molecule has 1 heterocycles. The Bertz CT molecular complexity index is 365. The molecule has 0 aromatic rings. The van der Waals surface area contributed by atoms with Crippen LogP contribution in [0.3, 0.4) is 0 Å². The number of amides is 1. The fourth-order valence-corrected chi connectivity index (χ4v) is 3.30. The number of hydrogen-bond acceptors (Lipinski definition) is 3. The van der Waals surface area contributed by atoms with Gasteiger partial charge in [0.05, 0.1) is 5.41 Å². The summed E-state index contributed by atoms with van der Waals surface area (Å²) in [6.45, 7) is 5.66. The van der Waals surface area contributed by atoms with Crippen LogP contribution in [0.15, 0.2) is 0 Å². The molecule has 1 saturated heterocycles. The van der Waals surface area contributed by atoms with E-state index in [4.69, 9.17) is 5.11 Å². The van der Waals surface area contributed by atoms with Crippen molar-refractivity contribution in [1.29, 1.82) is 0 Å². The number of carbonyl (C=O) groups is 2. The summed E-state index contributed by atoms with van der Waals surface area (Å²) in [5.41, 5.74) is -1.02. The Morgan fingerprint density at radius 2 is 2.00 bits per heavy atom. The molecule has 2 N–H and O–H groups in total. The van der Waals surface area contributed by atoms with Crippen LogP contribution < -0.4 is 0 Å². The van der Waals surface area contributed by atoms with Gasteiger partial charge in [0, 0.05) is 0 Å². The minimum atomic E-state index is -1.13. The van der Waals surface area contributed by atoms with Gasteiger partial charge in [-0.3, -0.25) is 10.0 Å². The van der Waals surface area contributed by atoms with Gasteiger partial charge in [-0.1, -0.05) is 20.8 Å². The average Bonchev–Trinajstić information content (AvgIpc) is 2.33. The standard InChI is InChI=1S/C11H17NO4/c1-10(2)6-4-5-11(10,3)9(15)12(16)7(6)8(13)14/h6-7,16H,4-5H2,1-3H3,(H,13,14)/t6-,7-,11-/m0/s1. The van der Waals surface area contributed by atoms with Gasteiger partial charge in [0.25, 0.3) is 5.91 Å². The van der Waals surface area contributed by atoms with Gasteiger partial charge in [0.2, 0.25) is 0 Å². The summed E-state index contributed by atoms with van der Waals surface area (Å²) in [5, 5.41) is 19.2. The van der Waals surface area contributed by atoms with E-state index in [9.17, 15) is 14.8 Å². The smallest absolute Gasteiger partial charge is 0.329 e. The number of carboxylic acid groups (broad SMARTS) is 1. The summed E-state index contributed by atoms with van der Waals surface area (Å²) in [5.74, 6) is -1.77. The number of carboxylic acids is 1. The van der Waals surface area contributed by atoms with Crippen LogP contribution in [0, 0.1) is 16.7 Å². The predicted molar refractivity (Wildman–Crippen MR) is 54.7 cm³/mol. The van der Waals surface area contributed by atoms with Gasteiger partial charge < -0.3 is 5.11 Å². The summed E-state index contributed by atoms with van der Waals surface area (Å²) in [4.78, 5) is 23.2. The van der Waals surface area contributed by atoms with Crippen molar-refractivity contribution in [2.24, 2.45) is 16.7 Å². The molecule has 0 radical (unpaired) electrons. The third-order valence-electron chi connectivity index (χ3n) is 4.88. The van der Waals surface area contributed by atoms with E-state index in [0.29, 0.717) is 17.9 Å². The van der Waals surface area contributed by atoms with E-state index in [-0.39, 0.29) is 11.3 Å². The number of piperidine rings is 1. The zero-order valence-corrected chi connectivity index (χ0v) is 9.73. The van der Waals surface area contributed by atoms with Gasteiger partial charge in [-0.15, -0.1) is 0 Å². The van der Waals surface area contributed by atoms with E-state index in [1.54, 1.807) is 0 Å². The van der Waals surface area contributed by atoms with Crippen molar-refractivity contribution in [1.82, 2.24) is 5.06 Å². The molecule has 0 aromatic heterocycles. The molecule has 2 fully saturated rings. The van der Waals surface area contributed by atoms with Crippen molar-refractivity contribution >= 4 is 11.9 Å². The number of rotatable bonds is 1. The molecule has 0 unspecified atom stereocenters. The van der Waals surface area contributed by atoms with E-state index in [1.807, 2.05) is 20.8 Å². The molecule has 90 valence electrons. The Kier molecular flexibility index (Phi) is 2.11. The predicted octanol–water partition coefficient (Wildman–Crippen LogP) is 1.11. The maximum Gasteiger partial charge on any atom is 0.329 e. The minimum absolute atomic E-state index is 0.183. The van der Waals surface area contributed by atoms with Crippen molar-refractivity contribution in [3.8, 4) is 0 Å². The minimum Gasteiger partial charge on any atom is -0.480 e. The zero-order valence-electron chi connectivity index (χ0n) is 9.73. The van der Waals surface area contributed by atoms with E-state index in [2.05, 4.69) is 0 Å². The molecule has 0 aromatic carbocycles. The van der Waals surface area contributed by atoms with Crippen molar-refractivity contribution in [2.45, 2.75) is 39.7 Å². The average molecular weight is 227 g/mol.